The summed E-state index contributed by atoms with van der Waals surface area (Å²) in [5.41, 5.74) is 1.66. The quantitative estimate of drug-likeness (QED) is 0.757. The van der Waals surface area contributed by atoms with Crippen molar-refractivity contribution in [1.29, 1.82) is 0 Å². The summed E-state index contributed by atoms with van der Waals surface area (Å²) >= 11 is 0. The number of carbonyl (C=O) groups is 2. The van der Waals surface area contributed by atoms with Gasteiger partial charge in [0.2, 0.25) is 0 Å². The molecule has 1 N–H and O–H groups in total. The molecule has 0 saturated heterocycles. The molecule has 0 aliphatic heterocycles. The van der Waals surface area contributed by atoms with Crippen LogP contribution in [-0.2, 0) is 16.0 Å². The summed E-state index contributed by atoms with van der Waals surface area (Å²) in [6.07, 6.45) is 0.676. The molecule has 2 rings (SSSR count). The van der Waals surface area contributed by atoms with Crippen LogP contribution in [0, 0.1) is 0 Å². The van der Waals surface area contributed by atoms with Gasteiger partial charge < -0.3 is 14.8 Å². The smallest absolute Gasteiger partial charge is 0.344 e. The van der Waals surface area contributed by atoms with Gasteiger partial charge in [-0.05, 0) is 43.2 Å². The maximum atomic E-state index is 12.0. The van der Waals surface area contributed by atoms with Crippen LogP contribution in [0.4, 0.5) is 0 Å². The van der Waals surface area contributed by atoms with Crippen molar-refractivity contribution in [3.63, 3.8) is 0 Å². The standard InChI is InChI=1S/C19H21NO4/c1-2-23-18(21)14-24-17-10-6-7-15(13-17)11-12-20-19(22)16-8-4-3-5-9-16/h3-10,13H,2,11-12,14H2,1H3,(H,20,22). The van der Waals surface area contributed by atoms with Gasteiger partial charge in [0.25, 0.3) is 5.91 Å². The molecule has 0 saturated carbocycles. The first-order valence-electron chi connectivity index (χ1n) is 7.89. The van der Waals surface area contributed by atoms with E-state index in [0.29, 0.717) is 30.9 Å². The van der Waals surface area contributed by atoms with Gasteiger partial charge in [0, 0.05) is 12.1 Å². The Kier molecular flexibility index (Phi) is 6.83. The minimum atomic E-state index is -0.391. The Hall–Kier alpha value is -2.82. The molecule has 0 spiro atoms. The Balaban J connectivity index is 1.79. The Bertz CT molecular complexity index is 670. The zero-order valence-corrected chi connectivity index (χ0v) is 13.7. The lowest BCUT2D eigenvalue weighted by molar-refractivity contribution is -0.145. The predicted molar refractivity (Wildman–Crippen MR) is 91.0 cm³/mol. The topological polar surface area (TPSA) is 64.6 Å². The maximum Gasteiger partial charge on any atom is 0.344 e. The van der Waals surface area contributed by atoms with Crippen molar-refractivity contribution in [3.8, 4) is 5.75 Å². The van der Waals surface area contributed by atoms with Crippen LogP contribution in [0.2, 0.25) is 0 Å². The molecule has 1 amide bonds. The lowest BCUT2D eigenvalue weighted by atomic mass is 10.1. The monoisotopic (exact) mass is 327 g/mol. The molecule has 0 bridgehead atoms. The van der Waals surface area contributed by atoms with E-state index in [9.17, 15) is 9.59 Å². The van der Waals surface area contributed by atoms with Crippen molar-refractivity contribution < 1.29 is 19.1 Å². The van der Waals surface area contributed by atoms with Crippen LogP contribution < -0.4 is 10.1 Å². The molecule has 0 radical (unpaired) electrons. The average molecular weight is 327 g/mol. The van der Waals surface area contributed by atoms with Gasteiger partial charge in [0.1, 0.15) is 5.75 Å². The first-order chi connectivity index (χ1) is 11.7. The van der Waals surface area contributed by atoms with E-state index >= 15 is 0 Å². The van der Waals surface area contributed by atoms with Crippen LogP contribution in [0.15, 0.2) is 54.6 Å². The summed E-state index contributed by atoms with van der Waals surface area (Å²) in [4.78, 5) is 23.2. The molecule has 0 heterocycles. The van der Waals surface area contributed by atoms with Crippen molar-refractivity contribution in [2.75, 3.05) is 19.8 Å². The van der Waals surface area contributed by atoms with Gasteiger partial charge in [-0.1, -0.05) is 30.3 Å². The molecule has 5 heteroatoms. The van der Waals surface area contributed by atoms with Crippen LogP contribution in [0.25, 0.3) is 0 Å². The van der Waals surface area contributed by atoms with E-state index in [1.807, 2.05) is 36.4 Å². The van der Waals surface area contributed by atoms with Crippen molar-refractivity contribution in [1.82, 2.24) is 5.32 Å². The number of esters is 1. The third kappa shape index (κ3) is 5.76. The van der Waals surface area contributed by atoms with Crippen molar-refractivity contribution >= 4 is 11.9 Å². The minimum absolute atomic E-state index is 0.0923. The van der Waals surface area contributed by atoms with Crippen LogP contribution >= 0.6 is 0 Å². The van der Waals surface area contributed by atoms with Crippen LogP contribution in [-0.4, -0.2) is 31.6 Å². The van der Waals surface area contributed by atoms with Crippen molar-refractivity contribution in [2.24, 2.45) is 0 Å². The van der Waals surface area contributed by atoms with Gasteiger partial charge >= 0.3 is 5.97 Å². The van der Waals surface area contributed by atoms with E-state index in [2.05, 4.69) is 5.32 Å². The van der Waals surface area contributed by atoms with Gasteiger partial charge in [-0.25, -0.2) is 4.79 Å². The first-order valence-corrected chi connectivity index (χ1v) is 7.89. The molecule has 2 aromatic carbocycles. The SMILES string of the molecule is CCOC(=O)COc1cccc(CCNC(=O)c2ccccc2)c1. The molecular formula is C19H21NO4. The Labute approximate surface area is 141 Å². The summed E-state index contributed by atoms with van der Waals surface area (Å²) in [6, 6.07) is 16.5. The van der Waals surface area contributed by atoms with Crippen LogP contribution in [0.5, 0.6) is 5.75 Å². The second kappa shape index (κ2) is 9.35. The maximum absolute atomic E-state index is 12.0. The highest BCUT2D eigenvalue weighted by atomic mass is 16.6. The lowest BCUT2D eigenvalue weighted by Crippen LogP contribution is -2.25. The van der Waals surface area contributed by atoms with Gasteiger partial charge in [-0.3, -0.25) is 4.79 Å². The average Bonchev–Trinajstić information content (AvgIpc) is 2.61. The Morgan fingerprint density at radius 2 is 1.83 bits per heavy atom. The molecule has 0 atom stereocenters. The number of hydrogen-bond donors (Lipinski definition) is 1. The molecule has 0 aromatic heterocycles. The van der Waals surface area contributed by atoms with Crippen LogP contribution in [0.1, 0.15) is 22.8 Å². The van der Waals surface area contributed by atoms with Gasteiger partial charge in [0.05, 0.1) is 6.61 Å². The van der Waals surface area contributed by atoms with E-state index in [-0.39, 0.29) is 12.5 Å². The molecule has 2 aromatic rings. The number of carbonyl (C=O) groups excluding carboxylic acids is 2. The van der Waals surface area contributed by atoms with Gasteiger partial charge in [0.15, 0.2) is 6.61 Å². The zero-order valence-electron chi connectivity index (χ0n) is 13.7. The number of ether oxygens (including phenoxy) is 2. The first kappa shape index (κ1) is 17.5. The largest absolute Gasteiger partial charge is 0.482 e. The highest BCUT2D eigenvalue weighted by molar-refractivity contribution is 5.94. The van der Waals surface area contributed by atoms with Gasteiger partial charge in [-0.2, -0.15) is 0 Å². The van der Waals surface area contributed by atoms with E-state index in [4.69, 9.17) is 9.47 Å². The second-order valence-electron chi connectivity index (χ2n) is 5.11. The summed E-state index contributed by atoms with van der Waals surface area (Å²) in [5, 5.41) is 2.88. The lowest BCUT2D eigenvalue weighted by Gasteiger charge is -2.08. The molecule has 0 aliphatic rings. The highest BCUT2D eigenvalue weighted by Gasteiger charge is 2.05. The molecule has 5 nitrogen and oxygen atoms in total. The van der Waals surface area contributed by atoms with Gasteiger partial charge in [-0.15, -0.1) is 0 Å². The van der Waals surface area contributed by atoms with E-state index in [0.717, 1.165) is 5.56 Å². The fraction of sp³-hybridized carbons (Fsp3) is 0.263. The Morgan fingerprint density at radius 1 is 1.04 bits per heavy atom. The minimum Gasteiger partial charge on any atom is -0.482 e. The van der Waals surface area contributed by atoms with E-state index in [1.54, 1.807) is 25.1 Å². The van der Waals surface area contributed by atoms with E-state index < -0.39 is 5.97 Å². The van der Waals surface area contributed by atoms with Crippen molar-refractivity contribution in [2.45, 2.75) is 13.3 Å². The van der Waals surface area contributed by atoms with E-state index in [1.165, 1.54) is 0 Å². The fourth-order valence-electron chi connectivity index (χ4n) is 2.15. The number of amides is 1. The van der Waals surface area contributed by atoms with Crippen molar-refractivity contribution in [3.05, 3.63) is 65.7 Å². The molecule has 0 aliphatic carbocycles. The third-order valence-electron chi connectivity index (χ3n) is 3.30. The molecule has 0 unspecified atom stereocenters. The summed E-state index contributed by atoms with van der Waals surface area (Å²) in [6.45, 7) is 2.50. The predicted octanol–water partition coefficient (Wildman–Crippen LogP) is 2.60. The number of benzene rings is 2. The summed E-state index contributed by atoms with van der Waals surface area (Å²) in [5.74, 6) is 0.123. The second-order valence-corrected chi connectivity index (χ2v) is 5.11. The number of rotatable bonds is 8. The zero-order chi connectivity index (χ0) is 17.2. The molecule has 24 heavy (non-hydrogen) atoms. The summed E-state index contributed by atoms with van der Waals surface area (Å²) in [7, 11) is 0. The molecule has 126 valence electrons. The molecule has 0 fully saturated rings. The highest BCUT2D eigenvalue weighted by Crippen LogP contribution is 2.13. The fourth-order valence-corrected chi connectivity index (χ4v) is 2.15. The van der Waals surface area contributed by atoms with Crippen LogP contribution in [0.3, 0.4) is 0 Å². The number of nitrogens with one attached hydrogen (secondary N) is 1. The number of hydrogen-bond acceptors (Lipinski definition) is 4. The molecular weight excluding hydrogens is 306 g/mol. The Morgan fingerprint density at radius 3 is 2.58 bits per heavy atom. The summed E-state index contributed by atoms with van der Waals surface area (Å²) < 4.78 is 10.2. The normalized spacial score (nSPS) is 10.0. The third-order valence-corrected chi connectivity index (χ3v) is 3.30.